The van der Waals surface area contributed by atoms with Crippen LogP contribution < -0.4 is 4.74 Å². The van der Waals surface area contributed by atoms with Crippen LogP contribution in [0.3, 0.4) is 0 Å². The number of oxazole rings is 1. The van der Waals surface area contributed by atoms with Gasteiger partial charge in [0, 0.05) is 5.56 Å². The molecule has 1 heterocycles. The largest absolute Gasteiger partial charge is 0.512 e. The van der Waals surface area contributed by atoms with Crippen molar-refractivity contribution in [1.29, 1.82) is 0 Å². The molecule has 2 rings (SSSR count). The van der Waals surface area contributed by atoms with Crippen molar-refractivity contribution in [1.82, 2.24) is 4.98 Å². The molecule has 5 nitrogen and oxygen atoms in total. The molecule has 2 aromatic rings. The van der Waals surface area contributed by atoms with Gasteiger partial charge >= 0.3 is 6.16 Å². The number of nitrogens with zero attached hydrogens (tertiary/aromatic N) is 1. The number of halogens is 1. The number of hydrogen-bond donors (Lipinski definition) is 1. The fourth-order valence-electron chi connectivity index (χ4n) is 1.18. The van der Waals surface area contributed by atoms with Crippen LogP contribution in [0.2, 0.25) is 0 Å². The summed E-state index contributed by atoms with van der Waals surface area (Å²) >= 11 is 0. The van der Waals surface area contributed by atoms with E-state index in [1.54, 1.807) is 0 Å². The van der Waals surface area contributed by atoms with Crippen LogP contribution in [-0.2, 0) is 0 Å². The Bertz CT molecular complexity index is 506. The lowest BCUT2D eigenvalue weighted by atomic mass is 10.2. The summed E-state index contributed by atoms with van der Waals surface area (Å²) in [7, 11) is 0. The van der Waals surface area contributed by atoms with Gasteiger partial charge in [-0.15, -0.1) is 0 Å². The van der Waals surface area contributed by atoms with Crippen molar-refractivity contribution in [2.45, 2.75) is 0 Å². The molecular formula is C10H6FNO4. The Kier molecular flexibility index (Phi) is 2.55. The summed E-state index contributed by atoms with van der Waals surface area (Å²) in [6.07, 6.45) is -0.436. The Labute approximate surface area is 89.1 Å². The standard InChI is InChI=1S/C10H6FNO4/c11-7-3-1-6(2-4-7)8-9(12-5-15-8)16-10(13)14/h1-5H,(H,13,14). The van der Waals surface area contributed by atoms with Gasteiger partial charge in [-0.1, -0.05) is 0 Å². The topological polar surface area (TPSA) is 72.6 Å². The molecule has 1 aromatic heterocycles. The first-order valence-corrected chi connectivity index (χ1v) is 4.27. The molecule has 0 radical (unpaired) electrons. The first-order valence-electron chi connectivity index (χ1n) is 4.27. The summed E-state index contributed by atoms with van der Waals surface area (Å²) in [5.74, 6) is -0.425. The van der Waals surface area contributed by atoms with Crippen LogP contribution in [-0.4, -0.2) is 16.2 Å². The van der Waals surface area contributed by atoms with E-state index in [2.05, 4.69) is 9.72 Å². The molecule has 0 amide bonds. The molecule has 6 heteroatoms. The summed E-state index contributed by atoms with van der Waals surface area (Å²) in [5, 5.41) is 8.44. The minimum absolute atomic E-state index is 0.141. The monoisotopic (exact) mass is 223 g/mol. The third kappa shape index (κ3) is 2.00. The Hall–Kier alpha value is -2.37. The van der Waals surface area contributed by atoms with Crippen molar-refractivity contribution in [2.75, 3.05) is 0 Å². The summed E-state index contributed by atoms with van der Waals surface area (Å²) < 4.78 is 22.0. The molecule has 82 valence electrons. The van der Waals surface area contributed by atoms with Crippen molar-refractivity contribution in [3.8, 4) is 17.2 Å². The quantitative estimate of drug-likeness (QED) is 0.792. The van der Waals surface area contributed by atoms with Crippen LogP contribution in [0.4, 0.5) is 9.18 Å². The van der Waals surface area contributed by atoms with Gasteiger partial charge < -0.3 is 14.3 Å². The van der Waals surface area contributed by atoms with Crippen LogP contribution in [0.5, 0.6) is 5.88 Å². The smallest absolute Gasteiger partial charge is 0.449 e. The van der Waals surface area contributed by atoms with Gasteiger partial charge in [0.15, 0.2) is 12.2 Å². The first-order chi connectivity index (χ1) is 7.66. The van der Waals surface area contributed by atoms with E-state index in [1.165, 1.54) is 24.3 Å². The number of benzene rings is 1. The summed E-state index contributed by atoms with van der Waals surface area (Å²) in [6.45, 7) is 0. The second-order valence-electron chi connectivity index (χ2n) is 2.86. The maximum Gasteiger partial charge on any atom is 0.512 e. The van der Waals surface area contributed by atoms with Gasteiger partial charge in [-0.25, -0.2) is 9.18 Å². The van der Waals surface area contributed by atoms with E-state index in [9.17, 15) is 9.18 Å². The molecule has 0 fully saturated rings. The zero-order valence-electron chi connectivity index (χ0n) is 7.88. The lowest BCUT2D eigenvalue weighted by Gasteiger charge is -1.99. The Morgan fingerprint density at radius 2 is 2.06 bits per heavy atom. The highest BCUT2D eigenvalue weighted by Crippen LogP contribution is 2.28. The minimum Gasteiger partial charge on any atom is -0.449 e. The van der Waals surface area contributed by atoms with E-state index in [0.717, 1.165) is 6.39 Å². The van der Waals surface area contributed by atoms with Crippen LogP contribution >= 0.6 is 0 Å². The highest BCUT2D eigenvalue weighted by molar-refractivity contribution is 5.67. The van der Waals surface area contributed by atoms with Crippen molar-refractivity contribution in [3.05, 3.63) is 36.5 Å². The number of hydrogen-bond acceptors (Lipinski definition) is 4. The average molecular weight is 223 g/mol. The average Bonchev–Trinajstić information content (AvgIpc) is 2.66. The lowest BCUT2D eigenvalue weighted by molar-refractivity contribution is 0.143. The van der Waals surface area contributed by atoms with E-state index in [4.69, 9.17) is 9.52 Å². The molecule has 0 bridgehead atoms. The molecule has 0 spiro atoms. The fourth-order valence-corrected chi connectivity index (χ4v) is 1.18. The van der Waals surface area contributed by atoms with Crippen molar-refractivity contribution in [2.24, 2.45) is 0 Å². The van der Waals surface area contributed by atoms with Gasteiger partial charge in [0.05, 0.1) is 0 Å². The highest BCUT2D eigenvalue weighted by atomic mass is 19.1. The molecule has 0 aliphatic heterocycles. The zero-order chi connectivity index (χ0) is 11.5. The molecule has 0 aliphatic carbocycles. The molecule has 0 saturated heterocycles. The van der Waals surface area contributed by atoms with E-state index in [1.807, 2.05) is 0 Å². The SMILES string of the molecule is O=C(O)Oc1ncoc1-c1ccc(F)cc1. The van der Waals surface area contributed by atoms with Gasteiger partial charge in [0.1, 0.15) is 5.82 Å². The number of ether oxygens (including phenoxy) is 1. The molecule has 16 heavy (non-hydrogen) atoms. The van der Waals surface area contributed by atoms with Crippen LogP contribution in [0.25, 0.3) is 11.3 Å². The first kappa shape index (κ1) is 10.2. The van der Waals surface area contributed by atoms with Crippen molar-refractivity contribution in [3.63, 3.8) is 0 Å². The van der Waals surface area contributed by atoms with Crippen LogP contribution in [0, 0.1) is 5.82 Å². The normalized spacial score (nSPS) is 10.1. The minimum atomic E-state index is -1.49. The summed E-state index contributed by atoms with van der Waals surface area (Å²) in [6, 6.07) is 5.32. The molecule has 1 aromatic carbocycles. The lowest BCUT2D eigenvalue weighted by Crippen LogP contribution is -2.03. The predicted octanol–water partition coefficient (Wildman–Crippen LogP) is 2.54. The number of carbonyl (C=O) groups is 1. The highest BCUT2D eigenvalue weighted by Gasteiger charge is 2.15. The maximum absolute atomic E-state index is 12.7. The molecule has 1 N–H and O–H groups in total. The summed E-state index contributed by atoms with van der Waals surface area (Å²) in [5.41, 5.74) is 0.482. The second-order valence-corrected chi connectivity index (χ2v) is 2.86. The van der Waals surface area contributed by atoms with E-state index in [-0.39, 0.29) is 11.6 Å². The molecule has 0 saturated carbocycles. The van der Waals surface area contributed by atoms with Gasteiger partial charge in [-0.3, -0.25) is 0 Å². The number of rotatable bonds is 2. The Balaban J connectivity index is 2.36. The van der Waals surface area contributed by atoms with E-state index >= 15 is 0 Å². The van der Waals surface area contributed by atoms with Gasteiger partial charge in [-0.2, -0.15) is 4.98 Å². The van der Waals surface area contributed by atoms with Gasteiger partial charge in [-0.05, 0) is 24.3 Å². The van der Waals surface area contributed by atoms with Crippen molar-refractivity contribution < 1.29 is 23.4 Å². The fraction of sp³-hybridized carbons (Fsp3) is 0. The maximum atomic E-state index is 12.7. The van der Waals surface area contributed by atoms with Gasteiger partial charge in [0.2, 0.25) is 0 Å². The third-order valence-electron chi connectivity index (χ3n) is 1.83. The predicted molar refractivity (Wildman–Crippen MR) is 50.5 cm³/mol. The zero-order valence-corrected chi connectivity index (χ0v) is 7.88. The second kappa shape index (κ2) is 4.01. The Morgan fingerprint density at radius 3 is 2.69 bits per heavy atom. The van der Waals surface area contributed by atoms with Crippen LogP contribution in [0.1, 0.15) is 0 Å². The van der Waals surface area contributed by atoms with E-state index < -0.39 is 12.0 Å². The van der Waals surface area contributed by atoms with Gasteiger partial charge in [0.25, 0.3) is 5.88 Å². The molecule has 0 atom stereocenters. The number of aromatic nitrogens is 1. The molecule has 0 unspecified atom stereocenters. The summed E-state index contributed by atoms with van der Waals surface area (Å²) in [4.78, 5) is 13.9. The molecule has 0 aliphatic rings. The number of carboxylic acid groups (broad SMARTS) is 1. The Morgan fingerprint density at radius 1 is 1.38 bits per heavy atom. The molecular weight excluding hydrogens is 217 g/mol. The third-order valence-corrected chi connectivity index (χ3v) is 1.83. The van der Waals surface area contributed by atoms with Crippen LogP contribution in [0.15, 0.2) is 35.1 Å². The van der Waals surface area contributed by atoms with E-state index in [0.29, 0.717) is 5.56 Å². The van der Waals surface area contributed by atoms with Crippen molar-refractivity contribution >= 4 is 6.16 Å².